The standard InChI is InChI=1S/C16H16N2OS/c1-20-15-5-3-2-4-14(15)18-16(19)12-6-7-13-11(10-12)8-9-17-13/h2-7,10,17H,8-9H2,1H3,(H,18,19). The Kier molecular flexibility index (Phi) is 3.65. The average Bonchev–Trinajstić information content (AvgIpc) is 2.95. The van der Waals surface area contributed by atoms with Crippen LogP contribution in [0.3, 0.4) is 0 Å². The number of para-hydroxylation sites is 1. The fourth-order valence-electron chi connectivity index (χ4n) is 2.39. The van der Waals surface area contributed by atoms with E-state index in [1.807, 2.05) is 48.7 Å². The molecule has 20 heavy (non-hydrogen) atoms. The van der Waals surface area contributed by atoms with Crippen LogP contribution in [0.4, 0.5) is 11.4 Å². The number of hydrogen-bond acceptors (Lipinski definition) is 3. The Morgan fingerprint density at radius 1 is 1.25 bits per heavy atom. The summed E-state index contributed by atoms with van der Waals surface area (Å²) in [5.74, 6) is -0.0544. The minimum Gasteiger partial charge on any atom is -0.384 e. The summed E-state index contributed by atoms with van der Waals surface area (Å²) in [5, 5.41) is 6.29. The summed E-state index contributed by atoms with van der Waals surface area (Å²) >= 11 is 1.63. The van der Waals surface area contributed by atoms with Crippen LogP contribution in [0.15, 0.2) is 47.4 Å². The van der Waals surface area contributed by atoms with E-state index in [0.717, 1.165) is 29.2 Å². The summed E-state index contributed by atoms with van der Waals surface area (Å²) in [6.07, 6.45) is 2.99. The van der Waals surface area contributed by atoms with Gasteiger partial charge in [0, 0.05) is 22.7 Å². The highest BCUT2D eigenvalue weighted by molar-refractivity contribution is 7.98. The highest BCUT2D eigenvalue weighted by atomic mass is 32.2. The first-order chi connectivity index (χ1) is 9.78. The zero-order chi connectivity index (χ0) is 13.9. The van der Waals surface area contributed by atoms with Gasteiger partial charge >= 0.3 is 0 Å². The second-order valence-corrected chi connectivity index (χ2v) is 5.55. The second-order valence-electron chi connectivity index (χ2n) is 4.70. The quantitative estimate of drug-likeness (QED) is 0.846. The lowest BCUT2D eigenvalue weighted by molar-refractivity contribution is 0.102. The Morgan fingerprint density at radius 2 is 2.10 bits per heavy atom. The Hall–Kier alpha value is -1.94. The van der Waals surface area contributed by atoms with Crippen LogP contribution in [0, 0.1) is 0 Å². The predicted molar refractivity (Wildman–Crippen MR) is 84.8 cm³/mol. The number of rotatable bonds is 3. The molecule has 4 heteroatoms. The van der Waals surface area contributed by atoms with E-state index in [0.29, 0.717) is 5.56 Å². The molecule has 0 aromatic heterocycles. The number of hydrogen-bond donors (Lipinski definition) is 2. The van der Waals surface area contributed by atoms with Crippen LogP contribution in [0.25, 0.3) is 0 Å². The number of carbonyl (C=O) groups is 1. The van der Waals surface area contributed by atoms with Crippen LogP contribution >= 0.6 is 11.8 Å². The SMILES string of the molecule is CSc1ccccc1NC(=O)c1ccc2c(c1)CCN2. The van der Waals surface area contributed by atoms with E-state index in [9.17, 15) is 4.79 Å². The summed E-state index contributed by atoms with van der Waals surface area (Å²) in [6.45, 7) is 0.954. The van der Waals surface area contributed by atoms with Crippen molar-refractivity contribution in [2.45, 2.75) is 11.3 Å². The Morgan fingerprint density at radius 3 is 2.95 bits per heavy atom. The van der Waals surface area contributed by atoms with E-state index in [-0.39, 0.29) is 5.91 Å². The van der Waals surface area contributed by atoms with Crippen molar-refractivity contribution in [2.24, 2.45) is 0 Å². The summed E-state index contributed by atoms with van der Waals surface area (Å²) in [7, 11) is 0. The van der Waals surface area contributed by atoms with Crippen molar-refractivity contribution < 1.29 is 4.79 Å². The lowest BCUT2D eigenvalue weighted by Crippen LogP contribution is -2.12. The van der Waals surface area contributed by atoms with Crippen LogP contribution in [0.1, 0.15) is 15.9 Å². The van der Waals surface area contributed by atoms with Crippen molar-refractivity contribution in [3.05, 3.63) is 53.6 Å². The van der Waals surface area contributed by atoms with Gasteiger partial charge in [0.05, 0.1) is 5.69 Å². The first kappa shape index (κ1) is 13.1. The van der Waals surface area contributed by atoms with Crippen LogP contribution in [-0.4, -0.2) is 18.7 Å². The Balaban J connectivity index is 1.83. The van der Waals surface area contributed by atoms with E-state index >= 15 is 0 Å². The van der Waals surface area contributed by atoms with E-state index in [2.05, 4.69) is 10.6 Å². The van der Waals surface area contributed by atoms with Crippen LogP contribution in [0.2, 0.25) is 0 Å². The normalized spacial score (nSPS) is 12.7. The van der Waals surface area contributed by atoms with E-state index in [4.69, 9.17) is 0 Å². The van der Waals surface area contributed by atoms with Gasteiger partial charge in [0.15, 0.2) is 0 Å². The zero-order valence-corrected chi connectivity index (χ0v) is 12.1. The number of amides is 1. The maximum atomic E-state index is 12.3. The Bertz CT molecular complexity index is 655. The molecule has 1 amide bonds. The minimum absolute atomic E-state index is 0.0544. The molecule has 3 nitrogen and oxygen atoms in total. The molecule has 0 spiro atoms. The monoisotopic (exact) mass is 284 g/mol. The zero-order valence-electron chi connectivity index (χ0n) is 11.3. The van der Waals surface area contributed by atoms with Crippen LogP contribution in [0.5, 0.6) is 0 Å². The van der Waals surface area contributed by atoms with E-state index in [1.54, 1.807) is 11.8 Å². The fourth-order valence-corrected chi connectivity index (χ4v) is 2.94. The maximum Gasteiger partial charge on any atom is 0.255 e. The second kappa shape index (κ2) is 5.59. The van der Waals surface area contributed by atoms with E-state index < -0.39 is 0 Å². The summed E-state index contributed by atoms with van der Waals surface area (Å²) in [6, 6.07) is 13.7. The molecule has 2 aromatic rings. The first-order valence-corrected chi connectivity index (χ1v) is 7.81. The van der Waals surface area contributed by atoms with Crippen molar-refractivity contribution in [1.82, 2.24) is 0 Å². The highest BCUT2D eigenvalue weighted by Gasteiger charge is 2.14. The molecule has 102 valence electrons. The minimum atomic E-state index is -0.0544. The molecule has 1 aliphatic rings. The average molecular weight is 284 g/mol. The predicted octanol–water partition coefficient (Wildman–Crippen LogP) is 3.63. The number of anilines is 2. The van der Waals surface area contributed by atoms with Gasteiger partial charge in [-0.3, -0.25) is 4.79 Å². The van der Waals surface area contributed by atoms with Crippen molar-refractivity contribution in [2.75, 3.05) is 23.4 Å². The number of nitrogens with one attached hydrogen (secondary N) is 2. The van der Waals surface area contributed by atoms with Crippen molar-refractivity contribution >= 4 is 29.0 Å². The van der Waals surface area contributed by atoms with E-state index in [1.165, 1.54) is 5.56 Å². The molecule has 0 saturated heterocycles. The van der Waals surface area contributed by atoms with Crippen molar-refractivity contribution in [1.29, 1.82) is 0 Å². The Labute approximate surface area is 122 Å². The molecule has 3 rings (SSSR count). The first-order valence-electron chi connectivity index (χ1n) is 6.59. The lowest BCUT2D eigenvalue weighted by Gasteiger charge is -2.10. The lowest BCUT2D eigenvalue weighted by atomic mass is 10.1. The molecule has 2 aromatic carbocycles. The van der Waals surface area contributed by atoms with Gasteiger partial charge in [-0.25, -0.2) is 0 Å². The van der Waals surface area contributed by atoms with Gasteiger partial charge in [0.25, 0.3) is 5.91 Å². The molecule has 0 atom stereocenters. The molecule has 0 fully saturated rings. The maximum absolute atomic E-state index is 12.3. The molecular formula is C16H16N2OS. The van der Waals surface area contributed by atoms with Gasteiger partial charge in [-0.1, -0.05) is 12.1 Å². The summed E-state index contributed by atoms with van der Waals surface area (Å²) < 4.78 is 0. The molecule has 0 aliphatic carbocycles. The third-order valence-corrected chi connectivity index (χ3v) is 4.23. The fraction of sp³-hybridized carbons (Fsp3) is 0.188. The summed E-state index contributed by atoms with van der Waals surface area (Å²) in [4.78, 5) is 13.4. The number of benzene rings is 2. The van der Waals surface area contributed by atoms with Gasteiger partial charge in [0.2, 0.25) is 0 Å². The van der Waals surface area contributed by atoms with Crippen molar-refractivity contribution in [3.8, 4) is 0 Å². The van der Waals surface area contributed by atoms with Crippen LogP contribution in [-0.2, 0) is 6.42 Å². The third-order valence-electron chi connectivity index (χ3n) is 3.43. The third kappa shape index (κ3) is 2.51. The highest BCUT2D eigenvalue weighted by Crippen LogP contribution is 2.26. The topological polar surface area (TPSA) is 41.1 Å². The molecule has 0 bridgehead atoms. The molecule has 0 unspecified atom stereocenters. The summed E-state index contributed by atoms with van der Waals surface area (Å²) in [5.41, 5.74) is 3.94. The molecule has 2 N–H and O–H groups in total. The van der Waals surface area contributed by atoms with Gasteiger partial charge in [-0.15, -0.1) is 11.8 Å². The van der Waals surface area contributed by atoms with Gasteiger partial charge in [0.1, 0.15) is 0 Å². The molecular weight excluding hydrogens is 268 g/mol. The number of carbonyl (C=O) groups excluding carboxylic acids is 1. The number of thioether (sulfide) groups is 1. The smallest absolute Gasteiger partial charge is 0.255 e. The van der Waals surface area contributed by atoms with Crippen molar-refractivity contribution in [3.63, 3.8) is 0 Å². The van der Waals surface area contributed by atoms with Crippen LogP contribution < -0.4 is 10.6 Å². The number of fused-ring (bicyclic) bond motifs is 1. The molecule has 0 saturated carbocycles. The van der Waals surface area contributed by atoms with Gasteiger partial charge in [-0.05, 0) is 48.6 Å². The van der Waals surface area contributed by atoms with Gasteiger partial charge < -0.3 is 10.6 Å². The molecule has 1 aliphatic heterocycles. The molecule has 1 heterocycles. The van der Waals surface area contributed by atoms with Gasteiger partial charge in [-0.2, -0.15) is 0 Å². The molecule has 0 radical (unpaired) electrons. The largest absolute Gasteiger partial charge is 0.384 e.